The highest BCUT2D eigenvalue weighted by molar-refractivity contribution is 5.83. The first-order valence-electron chi connectivity index (χ1n) is 8.60. The molecule has 3 unspecified atom stereocenters. The van der Waals surface area contributed by atoms with Gasteiger partial charge in [-0.2, -0.15) is 5.10 Å². The first-order chi connectivity index (χ1) is 10.6. The van der Waals surface area contributed by atoms with Gasteiger partial charge in [0.05, 0.1) is 6.20 Å². The monoisotopic (exact) mass is 302 g/mol. The third kappa shape index (κ3) is 2.35. The van der Waals surface area contributed by atoms with Gasteiger partial charge < -0.3 is 10.2 Å². The number of amides is 1. The van der Waals surface area contributed by atoms with E-state index in [1.165, 1.54) is 32.1 Å². The smallest absolute Gasteiger partial charge is 0.244 e. The van der Waals surface area contributed by atoms with E-state index in [0.29, 0.717) is 6.04 Å². The van der Waals surface area contributed by atoms with Gasteiger partial charge in [0.2, 0.25) is 5.91 Å². The second-order valence-corrected chi connectivity index (χ2v) is 7.59. The standard InChI is InChI=1S/C17H26N4O/c1-18-16(14-8-19-20(2)10-14)17(22)21-9-13-4-11-3-12(5-13)7-15(21)6-11/h8,10-13,15-16,18H,3-7,9H2,1-2H3. The molecule has 2 aliphatic carbocycles. The quantitative estimate of drug-likeness (QED) is 0.925. The van der Waals surface area contributed by atoms with Crippen molar-refractivity contribution in [3.63, 3.8) is 0 Å². The van der Waals surface area contributed by atoms with Crippen LogP contribution in [0.4, 0.5) is 0 Å². The molecule has 0 radical (unpaired) electrons. The molecule has 0 spiro atoms. The molecule has 1 aromatic heterocycles. The van der Waals surface area contributed by atoms with Gasteiger partial charge in [-0.05, 0) is 56.9 Å². The summed E-state index contributed by atoms with van der Waals surface area (Å²) in [6.07, 6.45) is 10.3. The Kier molecular flexibility index (Phi) is 3.48. The van der Waals surface area contributed by atoms with Gasteiger partial charge in [-0.3, -0.25) is 9.48 Å². The van der Waals surface area contributed by atoms with E-state index in [1.807, 2.05) is 20.3 Å². The highest BCUT2D eigenvalue weighted by atomic mass is 16.2. The molecule has 4 bridgehead atoms. The van der Waals surface area contributed by atoms with Crippen LogP contribution in [0.1, 0.15) is 43.7 Å². The Hall–Kier alpha value is -1.36. The molecule has 5 heteroatoms. The van der Waals surface area contributed by atoms with Crippen molar-refractivity contribution in [1.29, 1.82) is 0 Å². The molecular formula is C17H26N4O. The van der Waals surface area contributed by atoms with Crippen molar-refractivity contribution in [1.82, 2.24) is 20.0 Å². The number of likely N-dealkylation sites (N-methyl/N-ethyl adjacent to an activating group) is 1. The minimum absolute atomic E-state index is 0.244. The number of carbonyl (C=O) groups excluding carboxylic acids is 1. The lowest BCUT2D eigenvalue weighted by atomic mass is 9.68. The Labute approximate surface area is 132 Å². The summed E-state index contributed by atoms with van der Waals surface area (Å²) in [4.78, 5) is 15.4. The van der Waals surface area contributed by atoms with Crippen molar-refractivity contribution in [3.8, 4) is 0 Å². The van der Waals surface area contributed by atoms with Crippen LogP contribution in [0.15, 0.2) is 12.4 Å². The Morgan fingerprint density at radius 3 is 2.50 bits per heavy atom. The van der Waals surface area contributed by atoms with Crippen LogP contribution in [0.25, 0.3) is 0 Å². The van der Waals surface area contributed by atoms with Gasteiger partial charge in [0, 0.05) is 31.4 Å². The highest BCUT2D eigenvalue weighted by Gasteiger charge is 2.45. The van der Waals surface area contributed by atoms with Crippen LogP contribution in [0.3, 0.4) is 0 Å². The molecule has 3 atom stereocenters. The van der Waals surface area contributed by atoms with Gasteiger partial charge in [-0.15, -0.1) is 0 Å². The van der Waals surface area contributed by atoms with Gasteiger partial charge >= 0.3 is 0 Å². The number of rotatable bonds is 3. The van der Waals surface area contributed by atoms with E-state index in [9.17, 15) is 4.79 Å². The van der Waals surface area contributed by atoms with E-state index < -0.39 is 0 Å². The van der Waals surface area contributed by atoms with Gasteiger partial charge in [-0.25, -0.2) is 0 Å². The zero-order valence-electron chi connectivity index (χ0n) is 13.5. The van der Waals surface area contributed by atoms with Crippen molar-refractivity contribution in [2.45, 2.75) is 44.2 Å². The molecule has 1 amide bonds. The van der Waals surface area contributed by atoms with Gasteiger partial charge in [-0.1, -0.05) is 0 Å². The van der Waals surface area contributed by atoms with Crippen LogP contribution in [-0.2, 0) is 11.8 Å². The number of hydrogen-bond acceptors (Lipinski definition) is 3. The fourth-order valence-corrected chi connectivity index (χ4v) is 5.24. The third-order valence-corrected chi connectivity index (χ3v) is 5.98. The maximum atomic E-state index is 13.2. The van der Waals surface area contributed by atoms with Crippen LogP contribution in [-0.4, -0.2) is 40.2 Å². The maximum absolute atomic E-state index is 13.2. The molecule has 2 saturated heterocycles. The Bertz CT molecular complexity index is 555. The molecule has 4 aliphatic rings. The predicted molar refractivity (Wildman–Crippen MR) is 84.1 cm³/mol. The zero-order valence-corrected chi connectivity index (χ0v) is 13.5. The lowest BCUT2D eigenvalue weighted by Crippen LogP contribution is -2.46. The summed E-state index contributed by atoms with van der Waals surface area (Å²) in [6.45, 7) is 0.967. The van der Waals surface area contributed by atoms with Crippen LogP contribution in [0.5, 0.6) is 0 Å². The lowest BCUT2D eigenvalue weighted by molar-refractivity contribution is -0.136. The number of nitrogens with zero attached hydrogens (tertiary/aromatic N) is 3. The molecule has 120 valence electrons. The highest BCUT2D eigenvalue weighted by Crippen LogP contribution is 2.47. The van der Waals surface area contributed by atoms with E-state index in [2.05, 4.69) is 15.3 Å². The molecule has 2 aliphatic heterocycles. The lowest BCUT2D eigenvalue weighted by Gasteiger charge is -2.39. The van der Waals surface area contributed by atoms with Crippen LogP contribution >= 0.6 is 0 Å². The summed E-state index contributed by atoms with van der Waals surface area (Å²) >= 11 is 0. The number of aromatic nitrogens is 2. The normalized spacial score (nSPS) is 34.7. The Balaban J connectivity index is 1.59. The SMILES string of the molecule is CNC(C(=O)N1CC2CC3CC(C2)CC1C3)c1cnn(C)c1. The largest absolute Gasteiger partial charge is 0.338 e. The van der Waals surface area contributed by atoms with E-state index in [1.54, 1.807) is 10.9 Å². The minimum atomic E-state index is -0.260. The summed E-state index contributed by atoms with van der Waals surface area (Å²) in [5.41, 5.74) is 0.971. The number of hydrogen-bond donors (Lipinski definition) is 1. The molecular weight excluding hydrogens is 276 g/mol. The number of fused-ring (bicyclic) bond motifs is 1. The fourth-order valence-electron chi connectivity index (χ4n) is 5.24. The second kappa shape index (κ2) is 5.37. The maximum Gasteiger partial charge on any atom is 0.244 e. The molecule has 0 aromatic carbocycles. The van der Waals surface area contributed by atoms with E-state index in [-0.39, 0.29) is 11.9 Å². The number of carbonyl (C=O) groups is 1. The van der Waals surface area contributed by atoms with Crippen molar-refractivity contribution in [2.75, 3.05) is 13.6 Å². The summed E-state index contributed by atoms with van der Waals surface area (Å²) in [5, 5.41) is 7.43. The van der Waals surface area contributed by atoms with Crippen molar-refractivity contribution in [3.05, 3.63) is 18.0 Å². The van der Waals surface area contributed by atoms with Crippen LogP contribution in [0.2, 0.25) is 0 Å². The second-order valence-electron chi connectivity index (χ2n) is 7.59. The Morgan fingerprint density at radius 2 is 1.91 bits per heavy atom. The fraction of sp³-hybridized carbons (Fsp3) is 0.765. The van der Waals surface area contributed by atoms with Gasteiger partial charge in [0.15, 0.2) is 0 Å². The van der Waals surface area contributed by atoms with Crippen molar-refractivity contribution < 1.29 is 4.79 Å². The zero-order chi connectivity index (χ0) is 15.3. The number of nitrogens with one attached hydrogen (secondary N) is 1. The van der Waals surface area contributed by atoms with E-state index in [4.69, 9.17) is 0 Å². The first kappa shape index (κ1) is 14.2. The Morgan fingerprint density at radius 1 is 1.23 bits per heavy atom. The summed E-state index contributed by atoms with van der Waals surface area (Å²) < 4.78 is 1.77. The van der Waals surface area contributed by atoms with Gasteiger partial charge in [0.25, 0.3) is 0 Å². The van der Waals surface area contributed by atoms with Crippen molar-refractivity contribution >= 4 is 5.91 Å². The van der Waals surface area contributed by atoms with Crippen LogP contribution in [0, 0.1) is 17.8 Å². The average Bonchev–Trinajstić information content (AvgIpc) is 2.80. The summed E-state index contributed by atoms with van der Waals surface area (Å²) in [5.74, 6) is 2.71. The third-order valence-electron chi connectivity index (χ3n) is 5.98. The molecule has 4 fully saturated rings. The molecule has 1 aromatic rings. The average molecular weight is 302 g/mol. The predicted octanol–water partition coefficient (Wildman–Crippen LogP) is 1.72. The molecule has 5 rings (SSSR count). The minimum Gasteiger partial charge on any atom is -0.338 e. The molecule has 22 heavy (non-hydrogen) atoms. The van der Waals surface area contributed by atoms with Gasteiger partial charge in [0.1, 0.15) is 6.04 Å². The van der Waals surface area contributed by atoms with Crippen molar-refractivity contribution in [2.24, 2.45) is 24.8 Å². The van der Waals surface area contributed by atoms with Crippen LogP contribution < -0.4 is 5.32 Å². The summed E-state index contributed by atoms with van der Waals surface area (Å²) in [6, 6.07) is 0.209. The molecule has 3 heterocycles. The number of aryl methyl sites for hydroxylation is 1. The molecule has 2 saturated carbocycles. The first-order valence-corrected chi connectivity index (χ1v) is 8.60. The summed E-state index contributed by atoms with van der Waals surface area (Å²) in [7, 11) is 3.77. The van der Waals surface area contributed by atoms with E-state index in [0.717, 1.165) is 29.9 Å². The molecule has 1 N–H and O–H groups in total. The topological polar surface area (TPSA) is 50.2 Å². The molecule has 5 nitrogen and oxygen atoms in total. The van der Waals surface area contributed by atoms with E-state index >= 15 is 0 Å².